The van der Waals surface area contributed by atoms with Gasteiger partial charge in [0.1, 0.15) is 0 Å². The maximum absolute atomic E-state index is 12.1. The quantitative estimate of drug-likeness (QED) is 0.0656. The zero-order chi connectivity index (χ0) is 56.0. The minimum Gasteiger partial charge on any atom is -0.481 e. The molecule has 0 bridgehead atoms. The van der Waals surface area contributed by atoms with Gasteiger partial charge >= 0.3 is 5.97 Å². The van der Waals surface area contributed by atoms with Crippen molar-refractivity contribution in [2.75, 3.05) is 152 Å². The number of aryl methyl sites for hydroxylation is 4. The summed E-state index contributed by atoms with van der Waals surface area (Å²) >= 11 is 0. The number of amides is 1. The maximum atomic E-state index is 12.1. The number of piperazine rings is 4. The van der Waals surface area contributed by atoms with Gasteiger partial charge in [-0.15, -0.1) is 0 Å². The van der Waals surface area contributed by atoms with Crippen LogP contribution in [0.15, 0.2) is 97.1 Å². The van der Waals surface area contributed by atoms with Gasteiger partial charge in [-0.2, -0.15) is 0 Å². The van der Waals surface area contributed by atoms with Gasteiger partial charge in [-0.05, 0) is 114 Å². The van der Waals surface area contributed by atoms with Crippen LogP contribution in [0.5, 0.6) is 0 Å². The number of nitro benzene ring substituents is 3. The highest BCUT2D eigenvalue weighted by Crippen LogP contribution is 2.18. The van der Waals surface area contributed by atoms with Crippen LogP contribution in [0, 0.1) is 30.3 Å². The zero-order valence-electron chi connectivity index (χ0n) is 45.9. The number of likely N-dealkylation sites (N-methyl/N-ethyl adjacent to an activating group) is 4. The lowest BCUT2D eigenvalue weighted by Crippen LogP contribution is -2.47. The molecule has 4 heterocycles. The Morgan fingerprint density at radius 3 is 1.21 bits per heavy atom. The molecule has 8 rings (SSSR count). The van der Waals surface area contributed by atoms with Crippen LogP contribution in [0.2, 0.25) is 0 Å². The third-order valence-electron chi connectivity index (χ3n) is 13.8. The van der Waals surface area contributed by atoms with E-state index in [1.54, 1.807) is 36.4 Å². The molecule has 0 aromatic heterocycles. The number of carboxylic acid groups (broad SMARTS) is 1. The molecule has 0 atom stereocenters. The minimum atomic E-state index is -0.906. The zero-order valence-corrected chi connectivity index (χ0v) is 45.9. The van der Waals surface area contributed by atoms with Crippen LogP contribution < -0.4 is 11.1 Å². The van der Waals surface area contributed by atoms with Gasteiger partial charge in [0, 0.05) is 160 Å². The van der Waals surface area contributed by atoms with E-state index in [1.165, 1.54) is 82.1 Å². The number of aliphatic carboxylic acids is 1. The maximum Gasteiger partial charge on any atom is 0.303 e. The molecular weight excluding hydrogens is 985 g/mol. The number of carbonyl (C=O) groups excluding carboxylic acids is 1. The Kier molecular flexibility index (Phi) is 28.7. The number of hydrogen-bond acceptors (Lipinski definition) is 16. The summed E-state index contributed by atoms with van der Waals surface area (Å²) in [5, 5.41) is 43.5. The SMILES string of the molecule is CN1CCN(C(=O)CCc2cccc([N+](=O)[O-])c2)CC1.CN1CCN(CCCc2cccc(N)c2)CC1.CN1CCN(CCCc2cccc([N+](=O)[O-])c2)CC1.CN1CCNCC1.O=C(O)CCc1cccc([N+](=O)[O-])c1. The Hall–Kier alpha value is -6.46. The lowest BCUT2D eigenvalue weighted by atomic mass is 10.1. The minimum absolute atomic E-state index is 0.00658. The first-order valence-electron chi connectivity index (χ1n) is 26.9. The van der Waals surface area contributed by atoms with Crippen molar-refractivity contribution < 1.29 is 29.5 Å². The highest BCUT2D eigenvalue weighted by Gasteiger charge is 2.19. The molecular formula is C56H84N12O9. The van der Waals surface area contributed by atoms with Crippen LogP contribution >= 0.6 is 0 Å². The van der Waals surface area contributed by atoms with E-state index in [1.807, 2.05) is 36.2 Å². The number of nitrogens with one attached hydrogen (secondary N) is 1. The van der Waals surface area contributed by atoms with Gasteiger partial charge in [0.15, 0.2) is 0 Å². The van der Waals surface area contributed by atoms with Gasteiger partial charge in [0.05, 0.1) is 14.8 Å². The van der Waals surface area contributed by atoms with Crippen LogP contribution in [0.25, 0.3) is 0 Å². The molecule has 77 heavy (non-hydrogen) atoms. The van der Waals surface area contributed by atoms with E-state index in [2.05, 4.69) is 68.0 Å². The Morgan fingerprint density at radius 1 is 0.494 bits per heavy atom. The first-order valence-corrected chi connectivity index (χ1v) is 26.9. The molecule has 21 nitrogen and oxygen atoms in total. The van der Waals surface area contributed by atoms with Crippen molar-refractivity contribution in [2.24, 2.45) is 0 Å². The van der Waals surface area contributed by atoms with Crippen molar-refractivity contribution >= 4 is 34.6 Å². The second kappa shape index (κ2) is 35.1. The number of carbonyl (C=O) groups is 2. The summed E-state index contributed by atoms with van der Waals surface area (Å²) in [5.74, 6) is -0.777. The van der Waals surface area contributed by atoms with E-state index in [0.29, 0.717) is 24.8 Å². The average molecular weight is 1070 g/mol. The van der Waals surface area contributed by atoms with E-state index in [-0.39, 0.29) is 34.3 Å². The molecule has 4 fully saturated rings. The van der Waals surface area contributed by atoms with Crippen molar-refractivity contribution in [3.8, 4) is 0 Å². The van der Waals surface area contributed by atoms with E-state index in [4.69, 9.17) is 10.8 Å². The summed E-state index contributed by atoms with van der Waals surface area (Å²) < 4.78 is 0. The lowest BCUT2D eigenvalue weighted by Gasteiger charge is -2.32. The number of anilines is 1. The molecule has 0 spiro atoms. The van der Waals surface area contributed by atoms with Crippen molar-refractivity contribution in [3.05, 3.63) is 150 Å². The highest BCUT2D eigenvalue weighted by atomic mass is 16.6. The van der Waals surface area contributed by atoms with Crippen molar-refractivity contribution in [1.82, 2.24) is 39.6 Å². The fraction of sp³-hybridized carbons (Fsp3) is 0.536. The van der Waals surface area contributed by atoms with Crippen molar-refractivity contribution in [2.45, 2.75) is 51.4 Å². The number of nitrogens with zero attached hydrogens (tertiary/aromatic N) is 10. The second-order valence-electron chi connectivity index (χ2n) is 20.2. The third-order valence-corrected chi connectivity index (χ3v) is 13.8. The van der Waals surface area contributed by atoms with Gasteiger partial charge in [-0.1, -0.05) is 48.5 Å². The lowest BCUT2D eigenvalue weighted by molar-refractivity contribution is -0.385. The first-order chi connectivity index (χ1) is 36.9. The summed E-state index contributed by atoms with van der Waals surface area (Å²) in [7, 11) is 8.55. The molecule has 1 amide bonds. The monoisotopic (exact) mass is 1070 g/mol. The number of nitrogen functional groups attached to an aromatic ring is 1. The summed E-state index contributed by atoms with van der Waals surface area (Å²) in [6.07, 6.45) is 5.60. The third kappa shape index (κ3) is 26.4. The molecule has 4 aromatic carbocycles. The Morgan fingerprint density at radius 2 is 0.844 bits per heavy atom. The van der Waals surface area contributed by atoms with Crippen LogP contribution in [-0.2, 0) is 35.3 Å². The summed E-state index contributed by atoms with van der Waals surface area (Å²) in [6, 6.07) is 27.7. The predicted octanol–water partition coefficient (Wildman–Crippen LogP) is 5.66. The number of nitro groups is 3. The number of non-ortho nitro benzene ring substituents is 3. The molecule has 0 unspecified atom stereocenters. The first kappa shape index (κ1) is 63.1. The van der Waals surface area contributed by atoms with E-state index >= 15 is 0 Å². The molecule has 4 N–H and O–H groups in total. The normalized spacial score (nSPS) is 16.6. The van der Waals surface area contributed by atoms with Crippen LogP contribution in [0.1, 0.15) is 47.9 Å². The molecule has 422 valence electrons. The van der Waals surface area contributed by atoms with Gasteiger partial charge in [0.2, 0.25) is 5.91 Å². The fourth-order valence-corrected chi connectivity index (χ4v) is 8.87. The predicted molar refractivity (Wildman–Crippen MR) is 303 cm³/mol. The van der Waals surface area contributed by atoms with Gasteiger partial charge in [-0.25, -0.2) is 0 Å². The largest absolute Gasteiger partial charge is 0.481 e. The van der Waals surface area contributed by atoms with E-state index in [0.717, 1.165) is 108 Å². The molecule has 0 saturated carbocycles. The van der Waals surface area contributed by atoms with Crippen molar-refractivity contribution in [1.29, 1.82) is 0 Å². The van der Waals surface area contributed by atoms with Crippen LogP contribution in [0.4, 0.5) is 22.7 Å². The Labute approximate surface area is 455 Å². The van der Waals surface area contributed by atoms with Crippen LogP contribution in [-0.4, -0.2) is 212 Å². The summed E-state index contributed by atoms with van der Waals surface area (Å²) in [5.41, 5.74) is 10.8. The smallest absolute Gasteiger partial charge is 0.303 e. The molecule has 4 aliphatic rings. The Balaban J connectivity index is 0.000000214. The molecule has 21 heteroatoms. The molecule has 4 aromatic rings. The Bertz CT molecular complexity index is 2400. The number of benzene rings is 4. The molecule has 0 aliphatic carbocycles. The van der Waals surface area contributed by atoms with Gasteiger partial charge in [-0.3, -0.25) is 39.9 Å². The van der Waals surface area contributed by atoms with Crippen LogP contribution in [0.3, 0.4) is 0 Å². The summed E-state index contributed by atoms with van der Waals surface area (Å²) in [6.45, 7) is 19.8. The fourth-order valence-electron chi connectivity index (χ4n) is 8.87. The van der Waals surface area contributed by atoms with Gasteiger partial charge in [0.25, 0.3) is 17.1 Å². The number of rotatable bonds is 17. The number of carboxylic acids is 1. The topological polar surface area (TPSA) is 245 Å². The summed E-state index contributed by atoms with van der Waals surface area (Å²) in [4.78, 5) is 69.0. The molecule has 0 radical (unpaired) electrons. The molecule has 4 saturated heterocycles. The standard InChI is InChI=1S/C14H19N3O3.C14H21N3O2.C14H23N3.C9H9NO4.C5H12N2/c1-15-7-9-16(10-8-15)14(18)6-5-12-3-2-4-13(11-12)17(19)20;1-15-8-10-16(11-9-15)7-3-5-13-4-2-6-14(12-13)17(18)19;1-16-8-10-17(11-9-16)7-3-5-13-4-2-6-14(15)12-13;11-9(12)5-4-7-2-1-3-8(6-7)10(13)14;1-7-4-2-6-3-5-7/h2-4,11H,5-10H2,1H3;2,4,6,12H,3,5,7-11H2,1H3;2,4,6,12H,3,5,7-11,15H2,1H3;1-3,6H,4-5H2,(H,11,12);6H,2-5H2,1H3. The van der Waals surface area contributed by atoms with Crippen molar-refractivity contribution in [3.63, 3.8) is 0 Å². The van der Waals surface area contributed by atoms with E-state index < -0.39 is 15.8 Å². The average Bonchev–Trinajstić information content (AvgIpc) is 3.42. The highest BCUT2D eigenvalue weighted by molar-refractivity contribution is 5.76. The number of hydrogen-bond donors (Lipinski definition) is 3. The molecule has 4 aliphatic heterocycles. The van der Waals surface area contributed by atoms with Gasteiger partial charge < -0.3 is 50.5 Å². The number of nitrogens with two attached hydrogens (primary N) is 1. The second-order valence-corrected chi connectivity index (χ2v) is 20.2. The van der Waals surface area contributed by atoms with E-state index in [9.17, 15) is 39.9 Å².